The molecule has 0 saturated carbocycles. The van der Waals surface area contributed by atoms with E-state index in [2.05, 4.69) is 10.3 Å². The molecule has 0 aromatic carbocycles. The Bertz CT molecular complexity index is 276. The highest BCUT2D eigenvalue weighted by atomic mass is 16.3. The second kappa shape index (κ2) is 12.6. The maximum absolute atomic E-state index is 10.7. The third kappa shape index (κ3) is 8.39. The van der Waals surface area contributed by atoms with Crippen LogP contribution in [0.1, 0.15) is 46.4 Å². The number of aliphatic hydroxyl groups excluding tert-OH is 1. The van der Waals surface area contributed by atoms with Crippen LogP contribution in [0.25, 0.3) is 0 Å². The first-order chi connectivity index (χ1) is 8.24. The molecule has 0 unspecified atom stereocenters. The predicted molar refractivity (Wildman–Crippen MR) is 70.6 cm³/mol. The zero-order chi connectivity index (χ0) is 13.7. The summed E-state index contributed by atoms with van der Waals surface area (Å²) in [5.74, 6) is -0.176. The van der Waals surface area contributed by atoms with Gasteiger partial charge in [-0.3, -0.25) is 9.78 Å². The summed E-state index contributed by atoms with van der Waals surface area (Å²) in [6, 6.07) is 4.95. The molecule has 0 saturated heterocycles. The van der Waals surface area contributed by atoms with Crippen molar-refractivity contribution in [2.45, 2.75) is 40.7 Å². The van der Waals surface area contributed by atoms with E-state index in [4.69, 9.17) is 5.11 Å². The number of carbonyl (C=O) groups is 1. The summed E-state index contributed by atoms with van der Waals surface area (Å²) >= 11 is 0. The van der Waals surface area contributed by atoms with Crippen LogP contribution in [0.2, 0.25) is 0 Å². The average Bonchev–Trinajstić information content (AvgIpc) is 2.41. The predicted octanol–water partition coefficient (Wildman–Crippen LogP) is 2.30. The molecule has 1 rings (SSSR count). The number of carbonyl (C=O) groups excluding carboxylic acids is 1. The number of nitrogens with one attached hydrogen (secondary N) is 1. The molecule has 0 fully saturated rings. The van der Waals surface area contributed by atoms with Gasteiger partial charge in [0.2, 0.25) is 5.91 Å². The van der Waals surface area contributed by atoms with Crippen LogP contribution < -0.4 is 5.32 Å². The second-order valence-electron chi connectivity index (χ2n) is 2.69. The summed E-state index contributed by atoms with van der Waals surface area (Å²) in [5.41, 5.74) is 0.667. The Hall–Kier alpha value is -1.42. The Morgan fingerprint density at radius 3 is 2.29 bits per heavy atom. The average molecular weight is 240 g/mol. The van der Waals surface area contributed by atoms with Crippen molar-refractivity contribution in [2.24, 2.45) is 0 Å². The van der Waals surface area contributed by atoms with Crippen molar-refractivity contribution in [2.75, 3.05) is 6.61 Å². The normalized spacial score (nSPS) is 10.0. The van der Waals surface area contributed by atoms with E-state index in [1.807, 2.05) is 33.8 Å². The van der Waals surface area contributed by atoms with E-state index >= 15 is 0 Å². The van der Waals surface area contributed by atoms with Gasteiger partial charge in [-0.15, -0.1) is 0 Å². The molecule has 4 nitrogen and oxygen atoms in total. The molecule has 0 spiro atoms. The van der Waals surface area contributed by atoms with Crippen LogP contribution in [0, 0.1) is 0 Å². The standard InChI is InChI=1S/C9H12N2O2.2C2H6/c1-7(13)11-9(6-12)8-4-2-3-5-10-8;2*1-2/h2-5,9,12H,6H2,1H3,(H,11,13);2*1-2H3/t9-;;/m0../s1. The van der Waals surface area contributed by atoms with Gasteiger partial charge in [-0.1, -0.05) is 33.8 Å². The van der Waals surface area contributed by atoms with E-state index in [-0.39, 0.29) is 12.5 Å². The van der Waals surface area contributed by atoms with Crippen molar-refractivity contribution in [3.05, 3.63) is 30.1 Å². The zero-order valence-electron chi connectivity index (χ0n) is 11.4. The first kappa shape index (κ1) is 18.0. The van der Waals surface area contributed by atoms with Gasteiger partial charge in [-0.2, -0.15) is 0 Å². The van der Waals surface area contributed by atoms with Crippen molar-refractivity contribution in [3.63, 3.8) is 0 Å². The number of aromatic nitrogens is 1. The molecule has 0 bridgehead atoms. The van der Waals surface area contributed by atoms with Crippen molar-refractivity contribution >= 4 is 5.91 Å². The Kier molecular flexibility index (Phi) is 13.4. The summed E-state index contributed by atoms with van der Waals surface area (Å²) in [6.45, 7) is 9.27. The Morgan fingerprint density at radius 1 is 1.35 bits per heavy atom. The van der Waals surface area contributed by atoms with E-state index in [9.17, 15) is 4.79 Å². The lowest BCUT2D eigenvalue weighted by Gasteiger charge is -2.13. The number of amides is 1. The largest absolute Gasteiger partial charge is 0.394 e. The van der Waals surface area contributed by atoms with E-state index in [1.54, 1.807) is 18.3 Å². The number of pyridine rings is 1. The highest BCUT2D eigenvalue weighted by molar-refractivity contribution is 5.73. The van der Waals surface area contributed by atoms with Crippen molar-refractivity contribution in [1.82, 2.24) is 10.3 Å². The third-order valence-corrected chi connectivity index (χ3v) is 1.60. The van der Waals surface area contributed by atoms with Gasteiger partial charge in [-0.05, 0) is 12.1 Å². The van der Waals surface area contributed by atoms with E-state index in [0.717, 1.165) is 0 Å². The molecule has 4 heteroatoms. The number of rotatable bonds is 3. The third-order valence-electron chi connectivity index (χ3n) is 1.60. The number of aliphatic hydroxyl groups is 1. The first-order valence-corrected chi connectivity index (χ1v) is 6.03. The van der Waals surface area contributed by atoms with Gasteiger partial charge in [-0.25, -0.2) is 0 Å². The minimum atomic E-state index is -0.404. The number of nitrogens with zero attached hydrogens (tertiary/aromatic N) is 1. The topological polar surface area (TPSA) is 62.2 Å². The minimum absolute atomic E-state index is 0.142. The van der Waals surface area contributed by atoms with Crippen LogP contribution in [-0.2, 0) is 4.79 Å². The van der Waals surface area contributed by atoms with E-state index in [1.165, 1.54) is 6.92 Å². The number of hydrogen-bond donors (Lipinski definition) is 2. The zero-order valence-corrected chi connectivity index (χ0v) is 11.4. The maximum atomic E-state index is 10.7. The van der Waals surface area contributed by atoms with Gasteiger partial charge < -0.3 is 10.4 Å². The fraction of sp³-hybridized carbons (Fsp3) is 0.538. The van der Waals surface area contributed by atoms with Crippen LogP contribution in [0.3, 0.4) is 0 Å². The molecule has 1 aromatic heterocycles. The highest BCUT2D eigenvalue weighted by Gasteiger charge is 2.11. The molecule has 1 aromatic rings. The lowest BCUT2D eigenvalue weighted by molar-refractivity contribution is -0.120. The molecule has 0 aliphatic rings. The van der Waals surface area contributed by atoms with Crippen LogP contribution in [0.15, 0.2) is 24.4 Å². The highest BCUT2D eigenvalue weighted by Crippen LogP contribution is 2.07. The van der Waals surface area contributed by atoms with Crippen LogP contribution >= 0.6 is 0 Å². The monoisotopic (exact) mass is 240 g/mol. The molecular formula is C13H24N2O2. The fourth-order valence-electron chi connectivity index (χ4n) is 1.04. The minimum Gasteiger partial charge on any atom is -0.394 e. The van der Waals surface area contributed by atoms with Crippen LogP contribution in [-0.4, -0.2) is 22.6 Å². The summed E-state index contributed by atoms with van der Waals surface area (Å²) in [6.07, 6.45) is 1.62. The molecule has 0 aliphatic heterocycles. The summed E-state index contributed by atoms with van der Waals surface area (Å²) in [5, 5.41) is 11.6. The molecule has 98 valence electrons. The van der Waals surface area contributed by atoms with Crippen molar-refractivity contribution in [3.8, 4) is 0 Å². The lowest BCUT2D eigenvalue weighted by atomic mass is 10.2. The maximum Gasteiger partial charge on any atom is 0.217 e. The molecule has 1 atom stereocenters. The van der Waals surface area contributed by atoms with Gasteiger partial charge in [0.1, 0.15) is 0 Å². The van der Waals surface area contributed by atoms with Crippen molar-refractivity contribution in [1.29, 1.82) is 0 Å². The number of hydrogen-bond acceptors (Lipinski definition) is 3. The Labute approximate surface area is 104 Å². The molecule has 1 heterocycles. The van der Waals surface area contributed by atoms with Crippen LogP contribution in [0.5, 0.6) is 0 Å². The Morgan fingerprint density at radius 2 is 1.94 bits per heavy atom. The quantitative estimate of drug-likeness (QED) is 0.852. The second-order valence-corrected chi connectivity index (χ2v) is 2.69. The van der Waals surface area contributed by atoms with E-state index < -0.39 is 6.04 Å². The molecule has 2 N–H and O–H groups in total. The molecule has 0 aliphatic carbocycles. The first-order valence-electron chi connectivity index (χ1n) is 6.03. The van der Waals surface area contributed by atoms with Gasteiger partial charge in [0, 0.05) is 13.1 Å². The summed E-state index contributed by atoms with van der Waals surface area (Å²) in [7, 11) is 0. The molecular weight excluding hydrogens is 216 g/mol. The fourth-order valence-corrected chi connectivity index (χ4v) is 1.04. The van der Waals surface area contributed by atoms with Gasteiger partial charge in [0.25, 0.3) is 0 Å². The molecule has 1 amide bonds. The van der Waals surface area contributed by atoms with Crippen LogP contribution in [0.4, 0.5) is 0 Å². The van der Waals surface area contributed by atoms with Gasteiger partial charge in [0.05, 0.1) is 18.3 Å². The summed E-state index contributed by atoms with van der Waals surface area (Å²) < 4.78 is 0. The SMILES string of the molecule is CC.CC.CC(=O)N[C@@H](CO)c1ccccn1. The van der Waals surface area contributed by atoms with E-state index in [0.29, 0.717) is 5.69 Å². The van der Waals surface area contributed by atoms with Gasteiger partial charge in [0.15, 0.2) is 0 Å². The summed E-state index contributed by atoms with van der Waals surface area (Å²) in [4.78, 5) is 14.8. The molecule has 17 heavy (non-hydrogen) atoms. The van der Waals surface area contributed by atoms with Crippen molar-refractivity contribution < 1.29 is 9.90 Å². The lowest BCUT2D eigenvalue weighted by Crippen LogP contribution is -2.29. The van der Waals surface area contributed by atoms with Gasteiger partial charge >= 0.3 is 0 Å². The molecule has 0 radical (unpaired) electrons. The smallest absolute Gasteiger partial charge is 0.217 e. The Balaban J connectivity index is 0.